The van der Waals surface area contributed by atoms with Crippen LogP contribution in [-0.2, 0) is 0 Å². The first-order chi connectivity index (χ1) is 9.65. The van der Waals surface area contributed by atoms with Crippen molar-refractivity contribution in [2.24, 2.45) is 0 Å². The van der Waals surface area contributed by atoms with Crippen molar-refractivity contribution in [3.63, 3.8) is 0 Å². The summed E-state index contributed by atoms with van der Waals surface area (Å²) in [4.78, 5) is 10.6. The molecule has 1 fully saturated rings. The lowest BCUT2D eigenvalue weighted by Gasteiger charge is -2.07. The third-order valence-electron chi connectivity index (χ3n) is 3.78. The molecule has 2 aromatic carbocycles. The Kier molecular flexibility index (Phi) is 3.14. The largest absolute Gasteiger partial charge is 0.381 e. The van der Waals surface area contributed by atoms with E-state index >= 15 is 0 Å². The Balaban J connectivity index is 1.71. The number of nitro benzene ring substituents is 1. The molecule has 2 atom stereocenters. The number of nitro groups is 1. The first kappa shape index (κ1) is 12.7. The summed E-state index contributed by atoms with van der Waals surface area (Å²) in [5, 5.41) is 14.3. The van der Waals surface area contributed by atoms with Crippen molar-refractivity contribution in [3.05, 3.63) is 69.8 Å². The smallest absolute Gasteiger partial charge is 0.274 e. The minimum atomic E-state index is -0.331. The number of hydrogen-bond donors (Lipinski definition) is 1. The van der Waals surface area contributed by atoms with Gasteiger partial charge in [0, 0.05) is 29.3 Å². The van der Waals surface area contributed by atoms with Gasteiger partial charge in [0.05, 0.1) is 4.92 Å². The number of aryl methyl sites for hydroxylation is 1. The zero-order valence-corrected chi connectivity index (χ0v) is 11.2. The van der Waals surface area contributed by atoms with Crippen LogP contribution in [0.1, 0.15) is 23.5 Å². The lowest BCUT2D eigenvalue weighted by Crippen LogP contribution is -2.04. The number of hydrogen-bond acceptors (Lipinski definition) is 3. The summed E-state index contributed by atoms with van der Waals surface area (Å²) in [6.07, 6.45) is 1.08. The normalized spacial score (nSPS) is 20.4. The third kappa shape index (κ3) is 2.50. The molecular formula is C16H16N2O2. The average molecular weight is 268 g/mol. The van der Waals surface area contributed by atoms with Crippen LogP contribution in [-0.4, -0.2) is 11.0 Å². The fraction of sp³-hybridized carbons (Fsp3) is 0.250. The van der Waals surface area contributed by atoms with E-state index in [0.29, 0.717) is 17.5 Å². The van der Waals surface area contributed by atoms with Crippen LogP contribution in [0.15, 0.2) is 48.5 Å². The van der Waals surface area contributed by atoms with Crippen LogP contribution in [0.4, 0.5) is 11.4 Å². The van der Waals surface area contributed by atoms with Gasteiger partial charge in [0.2, 0.25) is 0 Å². The lowest BCUT2D eigenvalue weighted by molar-refractivity contribution is -0.385. The highest BCUT2D eigenvalue weighted by molar-refractivity contribution is 5.56. The Morgan fingerprint density at radius 2 is 1.95 bits per heavy atom. The SMILES string of the molecule is Cc1ccc(NC2CC2c2ccccc2)cc1[N+](=O)[O-]. The maximum atomic E-state index is 10.9. The second-order valence-electron chi connectivity index (χ2n) is 5.26. The molecule has 0 spiro atoms. The molecular weight excluding hydrogens is 252 g/mol. The molecule has 1 saturated carbocycles. The van der Waals surface area contributed by atoms with Crippen LogP contribution in [0.3, 0.4) is 0 Å². The minimum Gasteiger partial charge on any atom is -0.381 e. The summed E-state index contributed by atoms with van der Waals surface area (Å²) >= 11 is 0. The Hall–Kier alpha value is -2.36. The molecule has 20 heavy (non-hydrogen) atoms. The highest BCUT2D eigenvalue weighted by atomic mass is 16.6. The predicted octanol–water partition coefficient (Wildman–Crippen LogP) is 3.87. The number of nitrogens with zero attached hydrogens (tertiary/aromatic N) is 1. The topological polar surface area (TPSA) is 55.2 Å². The molecule has 2 aromatic rings. The van der Waals surface area contributed by atoms with Crippen LogP contribution in [0.25, 0.3) is 0 Å². The number of anilines is 1. The Bertz CT molecular complexity index is 640. The first-order valence-electron chi connectivity index (χ1n) is 6.71. The summed E-state index contributed by atoms with van der Waals surface area (Å²) in [5.74, 6) is 0.511. The first-order valence-corrected chi connectivity index (χ1v) is 6.71. The molecule has 1 aliphatic rings. The molecule has 0 amide bonds. The quantitative estimate of drug-likeness (QED) is 0.676. The molecule has 0 radical (unpaired) electrons. The van der Waals surface area contributed by atoms with Crippen molar-refractivity contribution in [1.29, 1.82) is 0 Å². The Morgan fingerprint density at radius 1 is 1.20 bits per heavy atom. The van der Waals surface area contributed by atoms with Gasteiger partial charge in [-0.1, -0.05) is 36.4 Å². The molecule has 0 bridgehead atoms. The van der Waals surface area contributed by atoms with Crippen molar-refractivity contribution in [1.82, 2.24) is 0 Å². The summed E-state index contributed by atoms with van der Waals surface area (Å²) < 4.78 is 0. The maximum absolute atomic E-state index is 10.9. The van der Waals surface area contributed by atoms with Crippen molar-refractivity contribution >= 4 is 11.4 Å². The molecule has 4 nitrogen and oxygen atoms in total. The van der Waals surface area contributed by atoms with Crippen molar-refractivity contribution in [2.45, 2.75) is 25.3 Å². The number of nitrogens with one attached hydrogen (secondary N) is 1. The van der Waals surface area contributed by atoms with E-state index < -0.39 is 0 Å². The molecule has 0 heterocycles. The van der Waals surface area contributed by atoms with Gasteiger partial charge >= 0.3 is 0 Å². The fourth-order valence-electron chi connectivity index (χ4n) is 2.53. The number of rotatable bonds is 4. The Labute approximate surface area is 117 Å². The monoisotopic (exact) mass is 268 g/mol. The van der Waals surface area contributed by atoms with Crippen LogP contribution in [0, 0.1) is 17.0 Å². The summed E-state index contributed by atoms with van der Waals surface area (Å²) in [6.45, 7) is 1.76. The second kappa shape index (κ2) is 4.96. The molecule has 2 unspecified atom stereocenters. The van der Waals surface area contributed by atoms with Crippen LogP contribution < -0.4 is 5.32 Å². The molecule has 0 aliphatic heterocycles. The fourth-order valence-corrected chi connectivity index (χ4v) is 2.53. The van der Waals surface area contributed by atoms with E-state index in [4.69, 9.17) is 0 Å². The highest BCUT2D eigenvalue weighted by Crippen LogP contribution is 2.43. The number of benzene rings is 2. The van der Waals surface area contributed by atoms with E-state index in [1.54, 1.807) is 19.1 Å². The molecule has 1 N–H and O–H groups in total. The average Bonchev–Trinajstić information content (AvgIpc) is 3.21. The van der Waals surface area contributed by atoms with Gasteiger partial charge in [-0.15, -0.1) is 0 Å². The van der Waals surface area contributed by atoms with Gasteiger partial charge in [0.1, 0.15) is 0 Å². The summed E-state index contributed by atoms with van der Waals surface area (Å²) in [6, 6.07) is 16.0. The van der Waals surface area contributed by atoms with Crippen molar-refractivity contribution in [2.75, 3.05) is 5.32 Å². The molecule has 3 rings (SSSR count). The molecule has 0 aromatic heterocycles. The van der Waals surface area contributed by atoms with Gasteiger partial charge < -0.3 is 5.32 Å². The minimum absolute atomic E-state index is 0.173. The van der Waals surface area contributed by atoms with Crippen molar-refractivity contribution in [3.8, 4) is 0 Å². The maximum Gasteiger partial charge on any atom is 0.274 e. The van der Waals surface area contributed by atoms with Gasteiger partial charge in [-0.3, -0.25) is 10.1 Å². The zero-order valence-electron chi connectivity index (χ0n) is 11.2. The van der Waals surface area contributed by atoms with Gasteiger partial charge in [-0.05, 0) is 25.0 Å². The Morgan fingerprint density at radius 3 is 2.65 bits per heavy atom. The van der Waals surface area contributed by atoms with E-state index in [1.807, 2.05) is 24.3 Å². The van der Waals surface area contributed by atoms with Crippen LogP contribution in [0.5, 0.6) is 0 Å². The van der Waals surface area contributed by atoms with E-state index in [0.717, 1.165) is 12.1 Å². The predicted molar refractivity (Wildman–Crippen MR) is 79.0 cm³/mol. The molecule has 1 aliphatic carbocycles. The lowest BCUT2D eigenvalue weighted by atomic mass is 10.1. The van der Waals surface area contributed by atoms with Gasteiger partial charge in [0.25, 0.3) is 5.69 Å². The van der Waals surface area contributed by atoms with E-state index in [2.05, 4.69) is 17.4 Å². The summed E-state index contributed by atoms with van der Waals surface area (Å²) in [7, 11) is 0. The summed E-state index contributed by atoms with van der Waals surface area (Å²) in [5.41, 5.74) is 3.01. The van der Waals surface area contributed by atoms with Gasteiger partial charge in [-0.25, -0.2) is 0 Å². The van der Waals surface area contributed by atoms with E-state index in [-0.39, 0.29) is 10.6 Å². The zero-order chi connectivity index (χ0) is 14.1. The molecule has 4 heteroatoms. The second-order valence-corrected chi connectivity index (χ2v) is 5.26. The van der Waals surface area contributed by atoms with E-state index in [9.17, 15) is 10.1 Å². The van der Waals surface area contributed by atoms with E-state index in [1.165, 1.54) is 5.56 Å². The standard InChI is InChI=1S/C16H16N2O2/c1-11-7-8-13(9-16(11)18(19)20)17-15-10-14(15)12-5-3-2-4-6-12/h2-9,14-15,17H,10H2,1H3. The molecule has 102 valence electrons. The van der Waals surface area contributed by atoms with Gasteiger partial charge in [-0.2, -0.15) is 0 Å². The van der Waals surface area contributed by atoms with Crippen LogP contribution in [0.2, 0.25) is 0 Å². The van der Waals surface area contributed by atoms with Gasteiger partial charge in [0.15, 0.2) is 0 Å². The van der Waals surface area contributed by atoms with Crippen molar-refractivity contribution < 1.29 is 4.92 Å². The highest BCUT2D eigenvalue weighted by Gasteiger charge is 2.38. The third-order valence-corrected chi connectivity index (χ3v) is 3.78. The van der Waals surface area contributed by atoms with Crippen LogP contribution >= 0.6 is 0 Å². The molecule has 0 saturated heterocycles.